The van der Waals surface area contributed by atoms with Crippen LogP contribution in [0.5, 0.6) is 0 Å². The van der Waals surface area contributed by atoms with Gasteiger partial charge in [-0.25, -0.2) is 0 Å². The van der Waals surface area contributed by atoms with Gasteiger partial charge in [-0.1, -0.05) is 24.3 Å². The highest BCUT2D eigenvalue weighted by molar-refractivity contribution is 7.80. The minimum atomic E-state index is -0.00377. The fourth-order valence-corrected chi connectivity index (χ4v) is 5.54. The molecule has 1 aromatic carbocycles. The number of aromatic nitrogens is 2. The lowest BCUT2D eigenvalue weighted by molar-refractivity contribution is 0.0842. The van der Waals surface area contributed by atoms with Crippen LogP contribution in [0.1, 0.15) is 53.1 Å². The van der Waals surface area contributed by atoms with E-state index in [1.54, 1.807) is 0 Å². The van der Waals surface area contributed by atoms with Crippen molar-refractivity contribution < 1.29 is 4.74 Å². The third-order valence-electron chi connectivity index (χ3n) is 6.77. The second kappa shape index (κ2) is 8.68. The van der Waals surface area contributed by atoms with Crippen molar-refractivity contribution >= 4 is 17.3 Å². The van der Waals surface area contributed by atoms with Gasteiger partial charge >= 0.3 is 0 Å². The summed E-state index contributed by atoms with van der Waals surface area (Å²) >= 11 is 5.85. The largest absolute Gasteiger partial charge is 0.376 e. The first-order valence-corrected chi connectivity index (χ1v) is 11.8. The zero-order valence-corrected chi connectivity index (χ0v) is 19.7. The van der Waals surface area contributed by atoms with E-state index in [0.29, 0.717) is 0 Å². The molecule has 0 spiro atoms. The van der Waals surface area contributed by atoms with Crippen molar-refractivity contribution in [1.82, 2.24) is 19.8 Å². The zero-order chi connectivity index (χ0) is 22.2. The van der Waals surface area contributed by atoms with Gasteiger partial charge in [0.15, 0.2) is 5.11 Å². The maximum atomic E-state index is 5.98. The van der Waals surface area contributed by atoms with Gasteiger partial charge in [-0.05, 0) is 81.2 Å². The van der Waals surface area contributed by atoms with Crippen LogP contribution in [0.3, 0.4) is 0 Å². The van der Waals surface area contributed by atoms with E-state index in [1.807, 2.05) is 18.3 Å². The molecule has 0 unspecified atom stereocenters. The maximum absolute atomic E-state index is 5.98. The minimum Gasteiger partial charge on any atom is -0.376 e. The minimum absolute atomic E-state index is 0.00377. The molecule has 2 aromatic heterocycles. The Morgan fingerprint density at radius 1 is 1.12 bits per heavy atom. The summed E-state index contributed by atoms with van der Waals surface area (Å²) in [7, 11) is 0. The molecule has 0 saturated carbocycles. The Balaban J connectivity index is 1.60. The van der Waals surface area contributed by atoms with Crippen LogP contribution < -0.4 is 5.32 Å². The first-order valence-electron chi connectivity index (χ1n) is 11.4. The third-order valence-corrected chi connectivity index (χ3v) is 7.12. The highest BCUT2D eigenvalue weighted by atomic mass is 32.1. The summed E-state index contributed by atoms with van der Waals surface area (Å²) in [6.45, 7) is 8.21. The van der Waals surface area contributed by atoms with Gasteiger partial charge in [-0.2, -0.15) is 0 Å². The van der Waals surface area contributed by atoms with Gasteiger partial charge < -0.3 is 19.5 Å². The summed E-state index contributed by atoms with van der Waals surface area (Å²) in [4.78, 5) is 7.01. The second-order valence-electron chi connectivity index (χ2n) is 8.86. The molecule has 1 N–H and O–H groups in total. The molecule has 2 saturated heterocycles. The van der Waals surface area contributed by atoms with Crippen molar-refractivity contribution in [2.24, 2.45) is 0 Å². The third kappa shape index (κ3) is 3.71. The van der Waals surface area contributed by atoms with Crippen molar-refractivity contribution in [1.29, 1.82) is 0 Å². The average molecular weight is 447 g/mol. The molecular formula is C26H30N4OS. The molecular weight excluding hydrogens is 416 g/mol. The Morgan fingerprint density at radius 3 is 2.66 bits per heavy atom. The van der Waals surface area contributed by atoms with Crippen LogP contribution in [0.4, 0.5) is 0 Å². The number of nitrogens with zero attached hydrogens (tertiary/aromatic N) is 3. The molecule has 4 heterocycles. The van der Waals surface area contributed by atoms with Gasteiger partial charge in [0.2, 0.25) is 0 Å². The number of ether oxygens (including phenoxy) is 1. The Labute approximate surface area is 195 Å². The molecule has 166 valence electrons. The molecule has 6 heteroatoms. The van der Waals surface area contributed by atoms with E-state index in [1.165, 1.54) is 28.2 Å². The summed E-state index contributed by atoms with van der Waals surface area (Å²) in [5, 5.41) is 4.36. The number of hydrogen-bond acceptors (Lipinski definition) is 3. The monoisotopic (exact) mass is 446 g/mol. The highest BCUT2D eigenvalue weighted by Crippen LogP contribution is 2.42. The summed E-state index contributed by atoms with van der Waals surface area (Å²) < 4.78 is 8.35. The van der Waals surface area contributed by atoms with Crippen LogP contribution >= 0.6 is 12.2 Å². The lowest BCUT2D eigenvalue weighted by Gasteiger charge is -2.30. The van der Waals surface area contributed by atoms with E-state index < -0.39 is 0 Å². The molecule has 5 rings (SSSR count). The van der Waals surface area contributed by atoms with Crippen molar-refractivity contribution in [3.63, 3.8) is 0 Å². The zero-order valence-electron chi connectivity index (χ0n) is 18.9. The van der Waals surface area contributed by atoms with Gasteiger partial charge in [0.1, 0.15) is 0 Å². The molecule has 0 bridgehead atoms. The van der Waals surface area contributed by atoms with Gasteiger partial charge in [0, 0.05) is 36.4 Å². The van der Waals surface area contributed by atoms with E-state index >= 15 is 0 Å². The van der Waals surface area contributed by atoms with Gasteiger partial charge in [-0.3, -0.25) is 4.98 Å². The van der Waals surface area contributed by atoms with E-state index in [0.717, 1.165) is 36.8 Å². The maximum Gasteiger partial charge on any atom is 0.170 e. The lowest BCUT2D eigenvalue weighted by Crippen LogP contribution is -2.36. The van der Waals surface area contributed by atoms with Crippen molar-refractivity contribution in [2.45, 2.75) is 51.8 Å². The van der Waals surface area contributed by atoms with Crippen LogP contribution in [0, 0.1) is 20.8 Å². The highest BCUT2D eigenvalue weighted by Gasteiger charge is 2.42. The Kier molecular flexibility index (Phi) is 5.74. The molecule has 0 aliphatic carbocycles. The normalized spacial score (nSPS) is 23.0. The summed E-state index contributed by atoms with van der Waals surface area (Å²) in [5.41, 5.74) is 7.25. The number of rotatable bonds is 5. The van der Waals surface area contributed by atoms with Crippen LogP contribution in [-0.2, 0) is 4.74 Å². The molecule has 32 heavy (non-hydrogen) atoms. The van der Waals surface area contributed by atoms with Gasteiger partial charge in [0.05, 0.1) is 23.9 Å². The summed E-state index contributed by atoms with van der Waals surface area (Å²) in [6.07, 6.45) is 4.28. The quantitative estimate of drug-likeness (QED) is 0.562. The topological polar surface area (TPSA) is 42.3 Å². The van der Waals surface area contributed by atoms with Crippen LogP contribution in [-0.4, -0.2) is 38.8 Å². The Morgan fingerprint density at radius 2 is 1.94 bits per heavy atom. The van der Waals surface area contributed by atoms with Crippen LogP contribution in [0.2, 0.25) is 0 Å². The van der Waals surface area contributed by atoms with E-state index in [4.69, 9.17) is 17.0 Å². The lowest BCUT2D eigenvalue weighted by atomic mass is 9.96. The first-order chi connectivity index (χ1) is 15.5. The Bertz CT molecular complexity index is 1120. The molecule has 0 radical (unpaired) electrons. The predicted octanol–water partition coefficient (Wildman–Crippen LogP) is 4.95. The number of benzene rings is 1. The number of hydrogen-bond donors (Lipinski definition) is 1. The van der Waals surface area contributed by atoms with Crippen molar-refractivity contribution in [3.05, 3.63) is 82.9 Å². The second-order valence-corrected chi connectivity index (χ2v) is 9.25. The average Bonchev–Trinajstić information content (AvgIpc) is 3.49. The number of thiocarbonyl (C=S) groups is 1. The van der Waals surface area contributed by atoms with Crippen molar-refractivity contribution in [2.75, 3.05) is 13.2 Å². The van der Waals surface area contributed by atoms with Gasteiger partial charge in [-0.15, -0.1) is 0 Å². The molecule has 2 aliphatic rings. The van der Waals surface area contributed by atoms with Gasteiger partial charge in [0.25, 0.3) is 0 Å². The first kappa shape index (κ1) is 21.2. The van der Waals surface area contributed by atoms with E-state index in [2.05, 4.69) is 76.9 Å². The molecule has 3 aromatic rings. The summed E-state index contributed by atoms with van der Waals surface area (Å²) in [6, 6.07) is 17.0. The molecule has 0 amide bonds. The molecule has 2 fully saturated rings. The standard InChI is InChI=1S/C26H30N4OS/c1-17-9-4-5-12-23(17)30-18(2)15-21(19(30)3)25-24(22-11-6-7-13-27-22)28-26(32)29(25)16-20-10-8-14-31-20/h4-7,9,11-13,15,20,24-25H,8,10,14,16H2,1-3H3,(H,28,32)/t20-,24-,25-/m0/s1. The van der Waals surface area contributed by atoms with E-state index in [9.17, 15) is 0 Å². The van der Waals surface area contributed by atoms with E-state index in [-0.39, 0.29) is 18.2 Å². The molecule has 3 atom stereocenters. The SMILES string of the molecule is Cc1ccccc1-n1c(C)cc([C@H]2[C@H](c3ccccn3)NC(=S)N2C[C@@H]2CCCO2)c1C. The smallest absolute Gasteiger partial charge is 0.170 e. The fraction of sp³-hybridized carbons (Fsp3) is 0.385. The molecule has 5 nitrogen and oxygen atoms in total. The van der Waals surface area contributed by atoms with Crippen LogP contribution in [0.15, 0.2) is 54.7 Å². The number of pyridine rings is 1. The van der Waals surface area contributed by atoms with Crippen molar-refractivity contribution in [3.8, 4) is 5.69 Å². The number of nitrogens with one attached hydrogen (secondary N) is 1. The van der Waals surface area contributed by atoms with Crippen LogP contribution in [0.25, 0.3) is 5.69 Å². The molecule has 2 aliphatic heterocycles. The summed E-state index contributed by atoms with van der Waals surface area (Å²) in [5.74, 6) is 0. The number of para-hydroxylation sites is 1. The fourth-order valence-electron chi connectivity index (χ4n) is 5.22. The number of aryl methyl sites for hydroxylation is 2. The Hall–Kier alpha value is -2.70. The predicted molar refractivity (Wildman–Crippen MR) is 131 cm³/mol.